The predicted molar refractivity (Wildman–Crippen MR) is 58.2 cm³/mol. The van der Waals surface area contributed by atoms with E-state index in [1.165, 1.54) is 0 Å². The Morgan fingerprint density at radius 3 is 0.409 bits per heavy atom. The summed E-state index contributed by atoms with van der Waals surface area (Å²) in [6.45, 7) is 0. The molecular formula is H7N5Na2O15. The Kier molecular flexibility index (Phi) is 70.7. The molecule has 0 aliphatic rings. The molecule has 0 aliphatic carbocycles. The third-order valence-corrected chi connectivity index (χ3v) is 0. The third kappa shape index (κ3) is 1300. The maximum absolute atomic E-state index is 8.36. The minimum atomic E-state index is -1.50. The van der Waals surface area contributed by atoms with Gasteiger partial charge in [0.05, 0.1) is 0 Å². The van der Waals surface area contributed by atoms with Gasteiger partial charge >= 0.3 is 59.1 Å². The van der Waals surface area contributed by atoms with Gasteiger partial charge < -0.3 is 26.0 Å². The van der Waals surface area contributed by atoms with E-state index in [2.05, 4.69) is 0 Å². The van der Waals surface area contributed by atoms with Crippen molar-refractivity contribution in [2.45, 2.75) is 0 Å². The van der Waals surface area contributed by atoms with Crippen LogP contribution >= 0.6 is 0 Å². The van der Waals surface area contributed by atoms with Gasteiger partial charge in [0, 0.05) is 0 Å². The molecule has 20 nitrogen and oxygen atoms in total. The van der Waals surface area contributed by atoms with Crippen molar-refractivity contribution in [2.24, 2.45) is 0 Å². The van der Waals surface area contributed by atoms with Crippen molar-refractivity contribution in [1.82, 2.24) is 0 Å². The molecule has 0 aliphatic heterocycles. The summed E-state index contributed by atoms with van der Waals surface area (Å²) in [5.74, 6) is 0. The van der Waals surface area contributed by atoms with Crippen LogP contribution in [0.3, 0.4) is 0 Å². The van der Waals surface area contributed by atoms with Crippen molar-refractivity contribution >= 4 is 59.1 Å². The van der Waals surface area contributed by atoms with Crippen LogP contribution in [0.5, 0.6) is 0 Å². The second-order valence-corrected chi connectivity index (χ2v) is 1.19. The summed E-state index contributed by atoms with van der Waals surface area (Å²) < 4.78 is 0. The first-order chi connectivity index (χ1) is 8.66. The first-order valence-corrected chi connectivity index (χ1v) is 2.83. The zero-order chi connectivity index (χ0) is 17.9. The summed E-state index contributed by atoms with van der Waals surface area (Å²) in [6.07, 6.45) is 0. The Bertz CT molecular complexity index is 211. The summed E-state index contributed by atoms with van der Waals surface area (Å²) in [4.78, 5) is 41.8. The van der Waals surface area contributed by atoms with E-state index in [0.29, 0.717) is 0 Å². The standard InChI is InChI=1S/5HNO3.2Na.2H/c5*2-1(3)4;;;;/h5*(H,2,3,4);;;;. The predicted octanol–water partition coefficient (Wildman–Crippen LogP) is -3.04. The van der Waals surface area contributed by atoms with Crippen molar-refractivity contribution in [3.63, 3.8) is 0 Å². The fourth-order valence-corrected chi connectivity index (χ4v) is 0. The van der Waals surface area contributed by atoms with Gasteiger partial charge in [0.25, 0.3) is 25.4 Å². The summed E-state index contributed by atoms with van der Waals surface area (Å²) in [5.41, 5.74) is 0. The van der Waals surface area contributed by atoms with Crippen molar-refractivity contribution in [3.8, 4) is 0 Å². The van der Waals surface area contributed by atoms with Gasteiger partial charge in [-0.15, -0.1) is 50.6 Å². The number of hydrogen-bond acceptors (Lipinski definition) is 10. The summed E-state index contributed by atoms with van der Waals surface area (Å²) >= 11 is 0. The average molecular weight is 363 g/mol. The van der Waals surface area contributed by atoms with Gasteiger partial charge in [0.15, 0.2) is 0 Å². The van der Waals surface area contributed by atoms with Crippen LogP contribution in [0, 0.1) is 50.6 Å². The van der Waals surface area contributed by atoms with E-state index in [9.17, 15) is 0 Å². The van der Waals surface area contributed by atoms with Gasteiger partial charge in [-0.25, -0.2) is 0 Å². The van der Waals surface area contributed by atoms with Gasteiger partial charge in [-0.3, -0.25) is 0 Å². The quantitative estimate of drug-likeness (QED) is 0.162. The summed E-state index contributed by atoms with van der Waals surface area (Å²) in [5, 5.41) is 68.2. The van der Waals surface area contributed by atoms with Gasteiger partial charge in [-0.05, 0) is 0 Å². The van der Waals surface area contributed by atoms with Crippen LogP contribution < -0.4 is 0 Å². The van der Waals surface area contributed by atoms with Crippen LogP contribution in [0.2, 0.25) is 0 Å². The topological polar surface area (TPSA) is 317 Å². The molecule has 0 bridgehead atoms. The van der Waals surface area contributed by atoms with Crippen molar-refractivity contribution in [2.75, 3.05) is 0 Å². The molecular weight excluding hydrogens is 356 g/mol. The van der Waals surface area contributed by atoms with Crippen LogP contribution in [-0.4, -0.2) is 111 Å². The molecule has 0 fully saturated rings. The third-order valence-electron chi connectivity index (χ3n) is 0. The van der Waals surface area contributed by atoms with E-state index in [0.717, 1.165) is 0 Å². The van der Waals surface area contributed by atoms with Crippen LogP contribution in [-0.2, 0) is 0 Å². The van der Waals surface area contributed by atoms with Crippen LogP contribution in [0.1, 0.15) is 0 Å². The molecule has 0 saturated carbocycles. The van der Waals surface area contributed by atoms with E-state index >= 15 is 0 Å². The first kappa shape index (κ1) is 42.7. The normalized spacial score (nSPS) is 5.45. The molecule has 0 rings (SSSR count). The Labute approximate surface area is 160 Å². The Balaban J connectivity index is -0.0000000250. The molecule has 22 heteroatoms. The van der Waals surface area contributed by atoms with E-state index in [4.69, 9.17) is 76.6 Å². The molecule has 0 amide bonds. The van der Waals surface area contributed by atoms with Crippen molar-refractivity contribution in [3.05, 3.63) is 50.6 Å². The zero-order valence-corrected chi connectivity index (χ0v) is 8.55. The molecule has 124 valence electrons. The van der Waals surface area contributed by atoms with Crippen LogP contribution in [0.4, 0.5) is 0 Å². The summed E-state index contributed by atoms with van der Waals surface area (Å²) in [7, 11) is 0. The van der Waals surface area contributed by atoms with Gasteiger partial charge in [-0.2, -0.15) is 0 Å². The SMILES string of the molecule is O=[N+]([O-])O.O=[N+]([O-])O.O=[N+]([O-])O.O=[N+]([O-])O.O=[N+]([O-])O.[NaH].[NaH]. The second-order valence-electron chi connectivity index (χ2n) is 1.19. The molecule has 0 heterocycles. The van der Waals surface area contributed by atoms with Crippen molar-refractivity contribution in [1.29, 1.82) is 0 Å². The Morgan fingerprint density at radius 2 is 0.409 bits per heavy atom. The zero-order valence-electron chi connectivity index (χ0n) is 8.55. The molecule has 0 radical (unpaired) electrons. The van der Waals surface area contributed by atoms with E-state index in [-0.39, 0.29) is 59.1 Å². The molecule has 0 saturated heterocycles. The van der Waals surface area contributed by atoms with Crippen molar-refractivity contribution < 1.29 is 51.5 Å². The number of rotatable bonds is 0. The van der Waals surface area contributed by atoms with Crippen LogP contribution in [0.15, 0.2) is 0 Å². The van der Waals surface area contributed by atoms with Crippen LogP contribution in [0.25, 0.3) is 0 Å². The molecule has 0 unspecified atom stereocenters. The fourth-order valence-electron chi connectivity index (χ4n) is 0. The molecule has 22 heavy (non-hydrogen) atoms. The molecule has 0 aromatic heterocycles. The fraction of sp³-hybridized carbons (Fsp3) is 0. The Morgan fingerprint density at radius 1 is 0.409 bits per heavy atom. The van der Waals surface area contributed by atoms with E-state index in [1.807, 2.05) is 0 Å². The number of hydrogen-bond donors (Lipinski definition) is 5. The first-order valence-electron chi connectivity index (χ1n) is 2.83. The number of nitrogens with zero attached hydrogens (tertiary/aromatic N) is 5. The Hall–Kier alpha value is -2.00. The second kappa shape index (κ2) is 36.4. The van der Waals surface area contributed by atoms with E-state index < -0.39 is 25.4 Å². The molecule has 0 atom stereocenters. The van der Waals surface area contributed by atoms with Gasteiger partial charge in [-0.1, -0.05) is 0 Å². The molecule has 0 aromatic rings. The average Bonchev–Trinajstić information content (AvgIpc) is 1.94. The molecule has 0 spiro atoms. The monoisotopic (exact) mass is 363 g/mol. The van der Waals surface area contributed by atoms with Gasteiger partial charge in [0.2, 0.25) is 0 Å². The minimum absolute atomic E-state index is 0. The summed E-state index contributed by atoms with van der Waals surface area (Å²) in [6, 6.07) is 0. The molecule has 5 N–H and O–H groups in total. The molecule has 0 aromatic carbocycles. The van der Waals surface area contributed by atoms with E-state index in [1.54, 1.807) is 0 Å². The van der Waals surface area contributed by atoms with Gasteiger partial charge in [0.1, 0.15) is 0 Å². The maximum atomic E-state index is 8.36.